The second-order valence-corrected chi connectivity index (χ2v) is 6.10. The molecule has 21 heavy (non-hydrogen) atoms. The van der Waals surface area contributed by atoms with E-state index in [0.717, 1.165) is 25.1 Å². The lowest BCUT2D eigenvalue weighted by molar-refractivity contribution is -0.386. The highest BCUT2D eigenvalue weighted by Gasteiger charge is 2.29. The minimum Gasteiger partial charge on any atom is -0.484 e. The molecule has 0 aromatic heterocycles. The SMILES string of the molecule is CC(C)Oc1cc(N2CCCC(C)(O)C2)ccc1[N+](=O)[O-]. The molecule has 1 atom stereocenters. The van der Waals surface area contributed by atoms with Crippen molar-refractivity contribution in [3.8, 4) is 5.75 Å². The van der Waals surface area contributed by atoms with Crippen LogP contribution in [0, 0.1) is 10.1 Å². The molecule has 1 N–H and O–H groups in total. The summed E-state index contributed by atoms with van der Waals surface area (Å²) >= 11 is 0. The van der Waals surface area contributed by atoms with Crippen molar-refractivity contribution in [3.05, 3.63) is 28.3 Å². The van der Waals surface area contributed by atoms with Crippen molar-refractivity contribution < 1.29 is 14.8 Å². The highest BCUT2D eigenvalue weighted by atomic mass is 16.6. The Kier molecular flexibility index (Phi) is 4.37. The minimum absolute atomic E-state index is 0.0313. The molecular formula is C15H22N2O4. The van der Waals surface area contributed by atoms with E-state index in [1.54, 1.807) is 12.1 Å². The number of hydrogen-bond acceptors (Lipinski definition) is 5. The maximum absolute atomic E-state index is 11.1. The number of nitrogens with zero attached hydrogens (tertiary/aromatic N) is 2. The van der Waals surface area contributed by atoms with E-state index in [0.29, 0.717) is 6.54 Å². The number of aliphatic hydroxyl groups is 1. The van der Waals surface area contributed by atoms with Gasteiger partial charge in [-0.3, -0.25) is 10.1 Å². The molecule has 0 bridgehead atoms. The summed E-state index contributed by atoms with van der Waals surface area (Å²) in [7, 11) is 0. The summed E-state index contributed by atoms with van der Waals surface area (Å²) in [6.45, 7) is 6.83. The van der Waals surface area contributed by atoms with Crippen LogP contribution >= 0.6 is 0 Å². The quantitative estimate of drug-likeness (QED) is 0.682. The fourth-order valence-electron chi connectivity index (χ4n) is 2.64. The number of nitro benzene ring substituents is 1. The van der Waals surface area contributed by atoms with Crippen LogP contribution in [0.3, 0.4) is 0 Å². The predicted octanol–water partition coefficient (Wildman–Crippen LogP) is 2.73. The van der Waals surface area contributed by atoms with Crippen molar-refractivity contribution in [2.24, 2.45) is 0 Å². The molecular weight excluding hydrogens is 272 g/mol. The Morgan fingerprint density at radius 3 is 2.76 bits per heavy atom. The van der Waals surface area contributed by atoms with E-state index in [-0.39, 0.29) is 17.5 Å². The second-order valence-electron chi connectivity index (χ2n) is 6.10. The van der Waals surface area contributed by atoms with Crippen molar-refractivity contribution in [1.29, 1.82) is 0 Å². The standard InChI is InChI=1S/C15H22N2O4/c1-11(2)21-14-9-12(5-6-13(14)17(19)20)16-8-4-7-15(3,18)10-16/h5-6,9,11,18H,4,7-8,10H2,1-3H3. The Bertz CT molecular complexity index is 528. The number of ether oxygens (including phenoxy) is 1. The number of rotatable bonds is 4. The predicted molar refractivity (Wildman–Crippen MR) is 80.9 cm³/mol. The Labute approximate surface area is 124 Å². The van der Waals surface area contributed by atoms with E-state index in [9.17, 15) is 15.2 Å². The molecule has 1 aromatic rings. The number of benzene rings is 1. The molecule has 1 unspecified atom stereocenters. The average molecular weight is 294 g/mol. The smallest absolute Gasteiger partial charge is 0.311 e. The molecule has 0 amide bonds. The van der Waals surface area contributed by atoms with Crippen molar-refractivity contribution in [1.82, 2.24) is 0 Å². The summed E-state index contributed by atoms with van der Waals surface area (Å²) in [6.07, 6.45) is 1.53. The van der Waals surface area contributed by atoms with Gasteiger partial charge in [0.15, 0.2) is 5.75 Å². The maximum Gasteiger partial charge on any atom is 0.311 e. The summed E-state index contributed by atoms with van der Waals surface area (Å²) < 4.78 is 5.56. The first kappa shape index (κ1) is 15.6. The summed E-state index contributed by atoms with van der Waals surface area (Å²) in [5.41, 5.74) is 0.0893. The molecule has 0 radical (unpaired) electrons. The van der Waals surface area contributed by atoms with Gasteiger partial charge in [-0.25, -0.2) is 0 Å². The highest BCUT2D eigenvalue weighted by Crippen LogP contribution is 2.34. The van der Waals surface area contributed by atoms with Gasteiger partial charge in [0.25, 0.3) is 0 Å². The van der Waals surface area contributed by atoms with Crippen LogP contribution in [-0.2, 0) is 0 Å². The normalized spacial score (nSPS) is 22.4. The van der Waals surface area contributed by atoms with Gasteiger partial charge < -0.3 is 14.7 Å². The molecule has 1 saturated heterocycles. The first-order valence-electron chi connectivity index (χ1n) is 7.21. The topological polar surface area (TPSA) is 75.8 Å². The molecule has 1 aromatic carbocycles. The van der Waals surface area contributed by atoms with Gasteiger partial charge in [-0.2, -0.15) is 0 Å². The molecule has 0 aliphatic carbocycles. The molecule has 1 aliphatic heterocycles. The fourth-order valence-corrected chi connectivity index (χ4v) is 2.64. The number of hydrogen-bond donors (Lipinski definition) is 1. The van der Waals surface area contributed by atoms with Crippen LogP contribution in [-0.4, -0.2) is 34.8 Å². The summed E-state index contributed by atoms with van der Waals surface area (Å²) in [4.78, 5) is 12.7. The van der Waals surface area contributed by atoms with Gasteiger partial charge in [-0.1, -0.05) is 0 Å². The first-order chi connectivity index (χ1) is 9.78. The summed E-state index contributed by atoms with van der Waals surface area (Å²) in [5, 5.41) is 21.2. The second kappa shape index (κ2) is 5.89. The summed E-state index contributed by atoms with van der Waals surface area (Å²) in [6, 6.07) is 4.88. The maximum atomic E-state index is 11.1. The van der Waals surface area contributed by atoms with Crippen molar-refractivity contribution in [2.75, 3.05) is 18.0 Å². The van der Waals surface area contributed by atoms with Crippen molar-refractivity contribution >= 4 is 11.4 Å². The van der Waals surface area contributed by atoms with Gasteiger partial charge >= 0.3 is 5.69 Å². The molecule has 2 rings (SSSR count). The van der Waals surface area contributed by atoms with Crippen LogP contribution in [0.1, 0.15) is 33.6 Å². The zero-order chi connectivity index (χ0) is 15.6. The van der Waals surface area contributed by atoms with Gasteiger partial charge in [-0.05, 0) is 39.7 Å². The monoisotopic (exact) mass is 294 g/mol. The molecule has 116 valence electrons. The molecule has 0 spiro atoms. The van der Waals surface area contributed by atoms with Crippen LogP contribution in [0.25, 0.3) is 0 Å². The van der Waals surface area contributed by atoms with Gasteiger partial charge in [0, 0.05) is 30.9 Å². The number of anilines is 1. The lowest BCUT2D eigenvalue weighted by Crippen LogP contribution is -2.46. The third kappa shape index (κ3) is 3.85. The minimum atomic E-state index is -0.723. The van der Waals surface area contributed by atoms with Crippen LogP contribution < -0.4 is 9.64 Å². The molecule has 1 aliphatic rings. The van der Waals surface area contributed by atoms with Crippen molar-refractivity contribution in [3.63, 3.8) is 0 Å². The molecule has 1 fully saturated rings. The Morgan fingerprint density at radius 1 is 1.48 bits per heavy atom. The zero-order valence-electron chi connectivity index (χ0n) is 12.7. The third-order valence-electron chi connectivity index (χ3n) is 3.54. The average Bonchev–Trinajstić information content (AvgIpc) is 2.36. The molecule has 6 nitrogen and oxygen atoms in total. The Hall–Kier alpha value is -1.82. The zero-order valence-corrected chi connectivity index (χ0v) is 12.7. The first-order valence-corrected chi connectivity index (χ1v) is 7.21. The number of piperidine rings is 1. The van der Waals surface area contributed by atoms with Crippen LogP contribution in [0.4, 0.5) is 11.4 Å². The van der Waals surface area contributed by atoms with Gasteiger partial charge in [-0.15, -0.1) is 0 Å². The van der Waals surface area contributed by atoms with Crippen LogP contribution in [0.2, 0.25) is 0 Å². The van der Waals surface area contributed by atoms with E-state index in [4.69, 9.17) is 4.74 Å². The van der Waals surface area contributed by atoms with Gasteiger partial charge in [0.05, 0.1) is 16.6 Å². The van der Waals surface area contributed by atoms with E-state index in [2.05, 4.69) is 0 Å². The number of nitro groups is 1. The lowest BCUT2D eigenvalue weighted by Gasteiger charge is -2.38. The Morgan fingerprint density at radius 2 is 2.19 bits per heavy atom. The molecule has 1 heterocycles. The van der Waals surface area contributed by atoms with Crippen LogP contribution in [0.15, 0.2) is 18.2 Å². The van der Waals surface area contributed by atoms with E-state index < -0.39 is 10.5 Å². The largest absolute Gasteiger partial charge is 0.484 e. The van der Waals surface area contributed by atoms with E-state index >= 15 is 0 Å². The van der Waals surface area contributed by atoms with Crippen molar-refractivity contribution in [2.45, 2.75) is 45.3 Å². The molecule has 0 saturated carbocycles. The Balaban J connectivity index is 2.30. The third-order valence-corrected chi connectivity index (χ3v) is 3.54. The summed E-state index contributed by atoms with van der Waals surface area (Å²) in [5.74, 6) is 0.276. The lowest BCUT2D eigenvalue weighted by atomic mass is 9.95. The van der Waals surface area contributed by atoms with Gasteiger partial charge in [0.1, 0.15) is 0 Å². The molecule has 6 heteroatoms. The number of β-amino-alcohol motifs (C(OH)–C–C–N with tert-alkyl or cyclic N) is 1. The van der Waals surface area contributed by atoms with Gasteiger partial charge in [0.2, 0.25) is 0 Å². The highest BCUT2D eigenvalue weighted by molar-refractivity contribution is 5.59. The fraction of sp³-hybridized carbons (Fsp3) is 0.600. The van der Waals surface area contributed by atoms with E-state index in [1.807, 2.05) is 25.7 Å². The van der Waals surface area contributed by atoms with E-state index in [1.165, 1.54) is 6.07 Å². The van der Waals surface area contributed by atoms with Crippen LogP contribution in [0.5, 0.6) is 5.75 Å².